The molecule has 2 unspecified atom stereocenters. The van der Waals surface area contributed by atoms with Crippen molar-refractivity contribution in [2.45, 2.75) is 39.7 Å². The molecule has 0 bridgehead atoms. The van der Waals surface area contributed by atoms with Gasteiger partial charge in [-0.3, -0.25) is 0 Å². The maximum Gasteiger partial charge on any atom is 0.354 e. The first-order chi connectivity index (χ1) is 12.3. The minimum absolute atomic E-state index is 0.177. The summed E-state index contributed by atoms with van der Waals surface area (Å²) in [5.74, 6) is -1.55. The quantitative estimate of drug-likeness (QED) is 0.672. The fraction of sp³-hybridized carbons (Fsp3) is 0.500. The molecule has 1 aliphatic heterocycles. The number of nitrogens with zero attached hydrogens (tertiary/aromatic N) is 2. The Kier molecular flexibility index (Phi) is 6.53. The first-order valence-electron chi connectivity index (χ1n) is 8.49. The van der Waals surface area contributed by atoms with Crippen molar-refractivity contribution in [2.24, 2.45) is 11.0 Å². The van der Waals surface area contributed by atoms with Crippen LogP contribution in [-0.4, -0.2) is 36.4 Å². The Morgan fingerprint density at radius 3 is 2.38 bits per heavy atom. The topological polar surface area (TPSA) is 68.2 Å². The molecule has 0 saturated carbocycles. The lowest BCUT2D eigenvalue weighted by atomic mass is 9.80. The number of carbonyl (C=O) groups excluding carboxylic acids is 2. The van der Waals surface area contributed by atoms with Gasteiger partial charge >= 0.3 is 11.9 Å². The summed E-state index contributed by atoms with van der Waals surface area (Å²) < 4.78 is 10.4. The van der Waals surface area contributed by atoms with Gasteiger partial charge in [-0.15, -0.1) is 0 Å². The molecule has 0 radical (unpaired) electrons. The van der Waals surface area contributed by atoms with Crippen molar-refractivity contribution in [3.63, 3.8) is 0 Å². The van der Waals surface area contributed by atoms with Gasteiger partial charge in [-0.05, 0) is 45.4 Å². The van der Waals surface area contributed by atoms with Crippen LogP contribution in [0.15, 0.2) is 23.3 Å². The van der Waals surface area contributed by atoms with E-state index in [4.69, 9.17) is 32.7 Å². The summed E-state index contributed by atoms with van der Waals surface area (Å²) in [7, 11) is 0. The highest BCUT2D eigenvalue weighted by molar-refractivity contribution is 6.40. The van der Waals surface area contributed by atoms with E-state index in [9.17, 15) is 9.59 Å². The van der Waals surface area contributed by atoms with E-state index in [0.717, 1.165) is 0 Å². The van der Waals surface area contributed by atoms with Gasteiger partial charge < -0.3 is 9.47 Å². The van der Waals surface area contributed by atoms with E-state index < -0.39 is 23.4 Å². The molecule has 6 nitrogen and oxygen atoms in total. The van der Waals surface area contributed by atoms with Crippen molar-refractivity contribution < 1.29 is 19.1 Å². The first-order valence-corrected chi connectivity index (χ1v) is 9.24. The Morgan fingerprint density at radius 2 is 1.85 bits per heavy atom. The van der Waals surface area contributed by atoms with Gasteiger partial charge in [-0.1, -0.05) is 30.1 Å². The molecular formula is C18H22Cl2N2O4. The predicted octanol–water partition coefficient (Wildman–Crippen LogP) is 4.08. The number of hydrazone groups is 1. The summed E-state index contributed by atoms with van der Waals surface area (Å²) in [5, 5.41) is 6.64. The molecular weight excluding hydrogens is 379 g/mol. The molecule has 1 heterocycles. The van der Waals surface area contributed by atoms with Crippen molar-refractivity contribution in [1.82, 2.24) is 0 Å². The van der Waals surface area contributed by atoms with Crippen molar-refractivity contribution in [1.29, 1.82) is 0 Å². The smallest absolute Gasteiger partial charge is 0.354 e. The van der Waals surface area contributed by atoms with Crippen LogP contribution >= 0.6 is 23.2 Å². The van der Waals surface area contributed by atoms with Crippen LogP contribution in [0.4, 0.5) is 5.69 Å². The molecule has 26 heavy (non-hydrogen) atoms. The number of esters is 2. The molecule has 0 aromatic heterocycles. The van der Waals surface area contributed by atoms with Gasteiger partial charge in [0.2, 0.25) is 0 Å². The molecule has 1 aliphatic rings. The van der Waals surface area contributed by atoms with Gasteiger partial charge in [0, 0.05) is 10.9 Å². The van der Waals surface area contributed by atoms with Crippen LogP contribution in [-0.2, 0) is 19.1 Å². The Hall–Kier alpha value is -1.79. The van der Waals surface area contributed by atoms with Crippen LogP contribution < -0.4 is 5.01 Å². The van der Waals surface area contributed by atoms with E-state index >= 15 is 0 Å². The van der Waals surface area contributed by atoms with Crippen molar-refractivity contribution in [2.75, 3.05) is 18.2 Å². The molecule has 0 spiro atoms. The fourth-order valence-electron chi connectivity index (χ4n) is 3.14. The largest absolute Gasteiger partial charge is 0.464 e. The number of anilines is 1. The van der Waals surface area contributed by atoms with Crippen LogP contribution in [0.5, 0.6) is 0 Å². The summed E-state index contributed by atoms with van der Waals surface area (Å²) in [5.41, 5.74) is -0.593. The van der Waals surface area contributed by atoms with Crippen LogP contribution in [0, 0.1) is 5.92 Å². The zero-order valence-corrected chi connectivity index (χ0v) is 16.7. The summed E-state index contributed by atoms with van der Waals surface area (Å²) in [4.78, 5) is 25.3. The second-order valence-corrected chi connectivity index (χ2v) is 6.79. The van der Waals surface area contributed by atoms with E-state index in [-0.39, 0.29) is 18.9 Å². The van der Waals surface area contributed by atoms with Gasteiger partial charge in [0.25, 0.3) is 0 Å². The van der Waals surface area contributed by atoms with Gasteiger partial charge in [0.05, 0.1) is 23.9 Å². The molecule has 8 heteroatoms. The van der Waals surface area contributed by atoms with Crippen LogP contribution in [0.2, 0.25) is 10.0 Å². The van der Waals surface area contributed by atoms with E-state index in [1.807, 2.05) is 6.92 Å². The number of carbonyl (C=O) groups is 2. The van der Waals surface area contributed by atoms with E-state index in [1.54, 1.807) is 39.0 Å². The number of halogens is 2. The molecule has 2 rings (SSSR count). The highest BCUT2D eigenvalue weighted by atomic mass is 35.5. The maximum atomic E-state index is 12.9. The number of hydrogen-bond donors (Lipinski definition) is 0. The summed E-state index contributed by atoms with van der Waals surface area (Å²) in [6.07, 6.45) is 0.495. The van der Waals surface area contributed by atoms with Crippen molar-refractivity contribution in [3.05, 3.63) is 28.2 Å². The average Bonchev–Trinajstić information content (AvgIpc) is 2.89. The van der Waals surface area contributed by atoms with Crippen molar-refractivity contribution in [3.8, 4) is 0 Å². The number of ether oxygens (including phenoxy) is 2. The molecule has 0 amide bonds. The summed E-state index contributed by atoms with van der Waals surface area (Å²) in [6, 6.07) is 4.86. The average molecular weight is 401 g/mol. The van der Waals surface area contributed by atoms with E-state index in [1.165, 1.54) is 5.01 Å². The van der Waals surface area contributed by atoms with E-state index in [0.29, 0.717) is 22.2 Å². The lowest BCUT2D eigenvalue weighted by Gasteiger charge is -2.36. The third kappa shape index (κ3) is 3.53. The van der Waals surface area contributed by atoms with Crippen molar-refractivity contribution >= 4 is 46.5 Å². The normalized spacial score (nSPS) is 22.2. The Labute approximate surface area is 163 Å². The molecule has 142 valence electrons. The van der Waals surface area contributed by atoms with Gasteiger partial charge in [0.15, 0.2) is 11.3 Å². The molecule has 1 aromatic rings. The zero-order valence-electron chi connectivity index (χ0n) is 15.2. The molecule has 0 fully saturated rings. The highest BCUT2D eigenvalue weighted by Crippen LogP contribution is 2.43. The SMILES string of the molecule is CCOC(=O)C1=NN(c2ccc(Cl)cc2Cl)C(C)(C(=O)OCC)C1CC. The van der Waals surface area contributed by atoms with Crippen LogP contribution in [0.3, 0.4) is 0 Å². The van der Waals surface area contributed by atoms with Gasteiger partial charge in [-0.2, -0.15) is 5.10 Å². The minimum atomic E-state index is -1.23. The predicted molar refractivity (Wildman–Crippen MR) is 102 cm³/mol. The van der Waals surface area contributed by atoms with Crippen LogP contribution in [0.25, 0.3) is 0 Å². The monoisotopic (exact) mass is 400 g/mol. The first kappa shape index (κ1) is 20.5. The van der Waals surface area contributed by atoms with E-state index in [2.05, 4.69) is 5.10 Å². The number of rotatable bonds is 6. The van der Waals surface area contributed by atoms with Crippen LogP contribution in [0.1, 0.15) is 34.1 Å². The number of benzene rings is 1. The molecule has 0 saturated heterocycles. The zero-order chi connectivity index (χ0) is 19.5. The molecule has 0 N–H and O–H groups in total. The Bertz CT molecular complexity index is 738. The molecule has 2 atom stereocenters. The van der Waals surface area contributed by atoms with Gasteiger partial charge in [0.1, 0.15) is 0 Å². The second kappa shape index (κ2) is 8.27. The van der Waals surface area contributed by atoms with Gasteiger partial charge in [-0.25, -0.2) is 14.6 Å². The molecule has 1 aromatic carbocycles. The third-order valence-corrected chi connectivity index (χ3v) is 4.91. The fourth-order valence-corrected chi connectivity index (χ4v) is 3.63. The Morgan fingerprint density at radius 1 is 1.19 bits per heavy atom. The highest BCUT2D eigenvalue weighted by Gasteiger charge is 2.56. The summed E-state index contributed by atoms with van der Waals surface area (Å²) in [6.45, 7) is 7.44. The third-order valence-electron chi connectivity index (χ3n) is 4.38. The summed E-state index contributed by atoms with van der Waals surface area (Å²) >= 11 is 12.3. The molecule has 0 aliphatic carbocycles. The lowest BCUT2D eigenvalue weighted by Crippen LogP contribution is -2.54. The maximum absolute atomic E-state index is 12.9. The lowest BCUT2D eigenvalue weighted by molar-refractivity contribution is -0.150. The minimum Gasteiger partial charge on any atom is -0.464 e. The number of hydrogen-bond acceptors (Lipinski definition) is 6. The Balaban J connectivity index is 2.61. The standard InChI is InChI=1S/C18H22Cl2N2O4/c1-5-12-15(16(23)25-6-2)21-22(18(12,4)17(24)26-7-3)14-9-8-11(19)10-13(14)20/h8-10,12H,5-7H2,1-4H3. The second-order valence-electron chi connectivity index (χ2n) is 5.94.